The lowest BCUT2D eigenvalue weighted by Gasteiger charge is -2.22. The maximum Gasteiger partial charge on any atom is 0.304 e. The highest BCUT2D eigenvalue weighted by Gasteiger charge is 2.19. The van der Waals surface area contributed by atoms with Gasteiger partial charge in [-0.25, -0.2) is 4.98 Å². The van der Waals surface area contributed by atoms with Crippen LogP contribution in [0.2, 0.25) is 0 Å². The summed E-state index contributed by atoms with van der Waals surface area (Å²) in [4.78, 5) is 29.5. The minimum Gasteiger partial charge on any atom is -0.481 e. The molecular weight excluding hydrogens is 266 g/mol. The fraction of sp³-hybridized carbons (Fsp3) is 0.583. The van der Waals surface area contributed by atoms with Crippen LogP contribution in [-0.4, -0.2) is 46.5 Å². The molecule has 0 aliphatic carbocycles. The number of aliphatic carboxylic acids is 1. The molecule has 1 atom stereocenters. The first kappa shape index (κ1) is 15.6. The van der Waals surface area contributed by atoms with Gasteiger partial charge in [0, 0.05) is 11.4 Å². The highest BCUT2D eigenvalue weighted by atomic mass is 32.1. The van der Waals surface area contributed by atoms with E-state index in [1.165, 1.54) is 11.3 Å². The van der Waals surface area contributed by atoms with Crippen molar-refractivity contribution in [3.63, 3.8) is 0 Å². The molecule has 0 aromatic carbocycles. The van der Waals surface area contributed by atoms with Crippen LogP contribution < -0.4 is 5.32 Å². The normalized spacial score (nSPS) is 12.5. The molecule has 1 aromatic heterocycles. The van der Waals surface area contributed by atoms with E-state index in [9.17, 15) is 9.59 Å². The maximum atomic E-state index is 12.0. The smallest absolute Gasteiger partial charge is 0.304 e. The SMILES string of the molecule is Cc1nc(NC(=O)C(C)N(C)CCC(=O)O)sc1C. The Morgan fingerprint density at radius 1 is 1.47 bits per heavy atom. The van der Waals surface area contributed by atoms with Crippen LogP contribution in [0.4, 0.5) is 5.13 Å². The first-order valence-electron chi connectivity index (χ1n) is 5.98. The van der Waals surface area contributed by atoms with E-state index in [4.69, 9.17) is 5.11 Å². The van der Waals surface area contributed by atoms with Crippen molar-refractivity contribution >= 4 is 28.3 Å². The number of amides is 1. The number of carboxylic acid groups (broad SMARTS) is 1. The van der Waals surface area contributed by atoms with Crippen LogP contribution in [-0.2, 0) is 9.59 Å². The van der Waals surface area contributed by atoms with Crippen LogP contribution >= 0.6 is 11.3 Å². The number of nitrogens with zero attached hydrogens (tertiary/aromatic N) is 2. The summed E-state index contributed by atoms with van der Waals surface area (Å²) in [7, 11) is 1.73. The zero-order valence-electron chi connectivity index (χ0n) is 11.6. The van der Waals surface area contributed by atoms with Crippen molar-refractivity contribution in [2.75, 3.05) is 18.9 Å². The lowest BCUT2D eigenvalue weighted by atomic mass is 10.2. The first-order valence-corrected chi connectivity index (χ1v) is 6.80. The number of rotatable bonds is 6. The third kappa shape index (κ3) is 4.60. The number of carbonyl (C=O) groups excluding carboxylic acids is 1. The summed E-state index contributed by atoms with van der Waals surface area (Å²) in [6.07, 6.45) is 0.0174. The predicted octanol–water partition coefficient (Wildman–Crippen LogP) is 1.49. The van der Waals surface area contributed by atoms with Gasteiger partial charge >= 0.3 is 5.97 Å². The molecule has 1 unspecified atom stereocenters. The van der Waals surface area contributed by atoms with Gasteiger partial charge in [-0.2, -0.15) is 0 Å². The number of nitrogens with one attached hydrogen (secondary N) is 1. The first-order chi connectivity index (χ1) is 8.81. The third-order valence-electron chi connectivity index (χ3n) is 2.98. The predicted molar refractivity (Wildman–Crippen MR) is 74.6 cm³/mol. The van der Waals surface area contributed by atoms with Crippen LogP contribution in [0.5, 0.6) is 0 Å². The molecular formula is C12H19N3O3S. The second-order valence-electron chi connectivity index (χ2n) is 4.45. The lowest BCUT2D eigenvalue weighted by Crippen LogP contribution is -2.40. The van der Waals surface area contributed by atoms with Crippen molar-refractivity contribution in [3.05, 3.63) is 10.6 Å². The second kappa shape index (κ2) is 6.63. The molecule has 1 heterocycles. The fourth-order valence-corrected chi connectivity index (χ4v) is 2.22. The Labute approximate surface area is 116 Å². The molecule has 0 aliphatic heterocycles. The average Bonchev–Trinajstić information content (AvgIpc) is 2.64. The standard InChI is InChI=1S/C12H19N3O3S/c1-7-9(3)19-12(13-7)14-11(18)8(2)15(4)6-5-10(16)17/h8H,5-6H2,1-4H3,(H,16,17)(H,13,14,18). The highest BCUT2D eigenvalue weighted by Crippen LogP contribution is 2.21. The van der Waals surface area contributed by atoms with Gasteiger partial charge in [-0.1, -0.05) is 0 Å². The summed E-state index contributed by atoms with van der Waals surface area (Å²) >= 11 is 1.43. The number of aromatic nitrogens is 1. The summed E-state index contributed by atoms with van der Waals surface area (Å²) < 4.78 is 0. The molecule has 0 bridgehead atoms. The van der Waals surface area contributed by atoms with Gasteiger partial charge in [-0.3, -0.25) is 14.5 Å². The summed E-state index contributed by atoms with van der Waals surface area (Å²) in [5.74, 6) is -1.05. The van der Waals surface area contributed by atoms with Crippen molar-refractivity contribution in [1.29, 1.82) is 0 Å². The number of anilines is 1. The van der Waals surface area contributed by atoms with Crippen molar-refractivity contribution in [2.45, 2.75) is 33.2 Å². The van der Waals surface area contributed by atoms with Gasteiger partial charge in [-0.05, 0) is 27.8 Å². The van der Waals surface area contributed by atoms with Crippen LogP contribution in [0.3, 0.4) is 0 Å². The number of carboxylic acids is 1. The molecule has 2 N–H and O–H groups in total. The minimum atomic E-state index is -0.870. The molecule has 1 aromatic rings. The van der Waals surface area contributed by atoms with E-state index in [1.54, 1.807) is 18.9 Å². The molecule has 7 heteroatoms. The number of carbonyl (C=O) groups is 2. The Kier molecular flexibility index (Phi) is 5.44. The molecule has 0 fully saturated rings. The maximum absolute atomic E-state index is 12.0. The van der Waals surface area contributed by atoms with E-state index < -0.39 is 12.0 Å². The Bertz CT molecular complexity index is 453. The molecule has 0 spiro atoms. The van der Waals surface area contributed by atoms with Gasteiger partial charge < -0.3 is 10.4 Å². The van der Waals surface area contributed by atoms with E-state index in [0.717, 1.165) is 10.6 Å². The monoisotopic (exact) mass is 285 g/mol. The largest absolute Gasteiger partial charge is 0.481 e. The second-order valence-corrected chi connectivity index (χ2v) is 5.65. The van der Waals surface area contributed by atoms with Crippen molar-refractivity contribution in [1.82, 2.24) is 9.88 Å². The Hall–Kier alpha value is -1.47. The fourth-order valence-electron chi connectivity index (χ4n) is 1.40. The number of aryl methyl sites for hydroxylation is 2. The van der Waals surface area contributed by atoms with Crippen molar-refractivity contribution < 1.29 is 14.7 Å². The lowest BCUT2D eigenvalue weighted by molar-refractivity contribution is -0.137. The third-order valence-corrected chi connectivity index (χ3v) is 3.97. The molecule has 0 saturated carbocycles. The Balaban J connectivity index is 2.54. The molecule has 6 nitrogen and oxygen atoms in total. The minimum absolute atomic E-state index is 0.0174. The topological polar surface area (TPSA) is 82.5 Å². The quantitative estimate of drug-likeness (QED) is 0.827. The van der Waals surface area contributed by atoms with Crippen molar-refractivity contribution in [3.8, 4) is 0 Å². The number of thiazole rings is 1. The van der Waals surface area contributed by atoms with Gasteiger partial charge in [-0.15, -0.1) is 11.3 Å². The van der Waals surface area contributed by atoms with Gasteiger partial charge in [0.15, 0.2) is 5.13 Å². The highest BCUT2D eigenvalue weighted by molar-refractivity contribution is 7.15. The van der Waals surface area contributed by atoms with Crippen LogP contribution in [0.15, 0.2) is 0 Å². The molecule has 0 aliphatic rings. The summed E-state index contributed by atoms with van der Waals surface area (Å²) in [6.45, 7) is 5.92. The molecule has 1 rings (SSSR count). The molecule has 106 valence electrons. The van der Waals surface area contributed by atoms with Crippen LogP contribution in [0.1, 0.15) is 23.9 Å². The van der Waals surface area contributed by atoms with Crippen molar-refractivity contribution in [2.24, 2.45) is 0 Å². The molecule has 0 radical (unpaired) electrons. The van der Waals surface area contributed by atoms with E-state index in [-0.39, 0.29) is 12.3 Å². The van der Waals surface area contributed by atoms with E-state index in [0.29, 0.717) is 11.7 Å². The zero-order valence-corrected chi connectivity index (χ0v) is 12.4. The van der Waals surface area contributed by atoms with Gasteiger partial charge in [0.05, 0.1) is 18.2 Å². The zero-order chi connectivity index (χ0) is 14.6. The Morgan fingerprint density at radius 2 is 2.11 bits per heavy atom. The van der Waals surface area contributed by atoms with Gasteiger partial charge in [0.1, 0.15) is 0 Å². The summed E-state index contributed by atoms with van der Waals surface area (Å²) in [6, 6.07) is -0.399. The summed E-state index contributed by atoms with van der Waals surface area (Å²) in [5.41, 5.74) is 0.909. The molecule has 19 heavy (non-hydrogen) atoms. The number of likely N-dealkylation sites (N-methyl/N-ethyl adjacent to an activating group) is 1. The van der Waals surface area contributed by atoms with E-state index in [1.807, 2.05) is 13.8 Å². The number of hydrogen-bond acceptors (Lipinski definition) is 5. The molecule has 0 saturated heterocycles. The van der Waals surface area contributed by atoms with Gasteiger partial charge in [0.25, 0.3) is 0 Å². The average molecular weight is 285 g/mol. The van der Waals surface area contributed by atoms with Crippen LogP contribution in [0.25, 0.3) is 0 Å². The summed E-state index contributed by atoms with van der Waals surface area (Å²) in [5, 5.41) is 11.9. The molecule has 1 amide bonds. The van der Waals surface area contributed by atoms with Gasteiger partial charge in [0.2, 0.25) is 5.91 Å². The van der Waals surface area contributed by atoms with Crippen LogP contribution in [0, 0.1) is 13.8 Å². The Morgan fingerprint density at radius 3 is 2.58 bits per heavy atom. The van der Waals surface area contributed by atoms with E-state index in [2.05, 4.69) is 10.3 Å². The number of hydrogen-bond donors (Lipinski definition) is 2. The van der Waals surface area contributed by atoms with E-state index >= 15 is 0 Å².